The van der Waals surface area contributed by atoms with Gasteiger partial charge in [-0.15, -0.1) is 0 Å². The maximum Gasteiger partial charge on any atom is 0.358 e. The molecule has 0 fully saturated rings. The van der Waals surface area contributed by atoms with Crippen molar-refractivity contribution in [1.82, 2.24) is 9.29 Å². The highest BCUT2D eigenvalue weighted by atomic mass is 32.2. The molecule has 0 bridgehead atoms. The van der Waals surface area contributed by atoms with Crippen LogP contribution in [0.3, 0.4) is 0 Å². The number of carbonyl (C=O) groups excluding carboxylic acids is 1. The van der Waals surface area contributed by atoms with Crippen LogP contribution in [-0.2, 0) is 21.8 Å². The van der Waals surface area contributed by atoms with Crippen LogP contribution in [0.15, 0.2) is 11.1 Å². The van der Waals surface area contributed by atoms with E-state index in [1.165, 1.54) is 14.0 Å². The lowest BCUT2D eigenvalue weighted by Gasteiger charge is -2.24. The first-order chi connectivity index (χ1) is 11.1. The number of aryl methyl sites for hydroxylation is 1. The third kappa shape index (κ3) is 4.32. The Morgan fingerprint density at radius 2 is 2.04 bits per heavy atom. The average Bonchev–Trinajstić information content (AvgIpc) is 2.80. The van der Waals surface area contributed by atoms with Crippen molar-refractivity contribution >= 4 is 16.0 Å². The second-order valence-electron chi connectivity index (χ2n) is 5.63. The summed E-state index contributed by atoms with van der Waals surface area (Å²) in [5, 5.41) is 19.2. The van der Waals surface area contributed by atoms with Crippen molar-refractivity contribution in [2.75, 3.05) is 13.2 Å². The number of halogens is 1. The molecule has 0 aliphatic rings. The lowest BCUT2D eigenvalue weighted by atomic mass is 10.0. The van der Waals surface area contributed by atoms with Crippen LogP contribution >= 0.6 is 0 Å². The normalized spacial score (nSPS) is 14.7. The summed E-state index contributed by atoms with van der Waals surface area (Å²) in [4.78, 5) is 11.0. The summed E-state index contributed by atoms with van der Waals surface area (Å²) in [6, 6.07) is -1.21. The number of rotatable bonds is 8. The van der Waals surface area contributed by atoms with Crippen LogP contribution in [-0.4, -0.2) is 54.5 Å². The second kappa shape index (κ2) is 8.06. The topological polar surface area (TPSA) is 118 Å². The number of carbonyl (C=O) groups is 1. The van der Waals surface area contributed by atoms with E-state index in [1.807, 2.05) is 0 Å². The highest BCUT2D eigenvalue weighted by molar-refractivity contribution is 7.89. The van der Waals surface area contributed by atoms with Gasteiger partial charge in [0.25, 0.3) is 0 Å². The zero-order valence-corrected chi connectivity index (χ0v) is 14.8. The lowest BCUT2D eigenvalue weighted by molar-refractivity contribution is 0.0509. The van der Waals surface area contributed by atoms with E-state index < -0.39 is 51.2 Å². The summed E-state index contributed by atoms with van der Waals surface area (Å²) in [6.45, 7) is 4.17. The van der Waals surface area contributed by atoms with Crippen LogP contribution < -0.4 is 4.72 Å². The molecule has 3 N–H and O–H groups in total. The van der Waals surface area contributed by atoms with Gasteiger partial charge in [-0.2, -0.15) is 0 Å². The number of ether oxygens (including phenoxy) is 1. The molecule has 0 saturated carbocycles. The van der Waals surface area contributed by atoms with Gasteiger partial charge in [-0.3, -0.25) is 0 Å². The standard InChI is InChI=1S/C14H23FN2O6S/c1-5-23-14(20)12-11(15)10(6-17(12)4)24(21,22)16-9(7-18)13(19)8(2)3/h6,8-9,13,16,18-19H,5,7H2,1-4H3. The van der Waals surface area contributed by atoms with Crippen molar-refractivity contribution in [2.45, 2.75) is 37.8 Å². The van der Waals surface area contributed by atoms with Gasteiger partial charge in [-0.25, -0.2) is 22.3 Å². The van der Waals surface area contributed by atoms with Gasteiger partial charge in [0.15, 0.2) is 11.5 Å². The molecule has 8 nitrogen and oxygen atoms in total. The summed E-state index contributed by atoms with van der Waals surface area (Å²) < 4.78 is 46.9. The minimum absolute atomic E-state index is 0.0109. The van der Waals surface area contributed by atoms with Gasteiger partial charge >= 0.3 is 5.97 Å². The fraction of sp³-hybridized carbons (Fsp3) is 0.643. The van der Waals surface area contributed by atoms with Crippen LogP contribution in [0.2, 0.25) is 0 Å². The van der Waals surface area contributed by atoms with E-state index in [4.69, 9.17) is 4.74 Å². The molecule has 0 aliphatic carbocycles. The SMILES string of the molecule is CCOC(=O)c1c(F)c(S(=O)(=O)NC(CO)C(O)C(C)C)cn1C. The maximum atomic E-state index is 14.4. The Hall–Kier alpha value is -1.49. The first-order valence-corrected chi connectivity index (χ1v) is 8.88. The van der Waals surface area contributed by atoms with Gasteiger partial charge in [-0.1, -0.05) is 13.8 Å². The predicted molar refractivity (Wildman–Crippen MR) is 83.4 cm³/mol. The number of hydrogen-bond acceptors (Lipinski definition) is 6. The molecule has 24 heavy (non-hydrogen) atoms. The molecule has 0 aliphatic heterocycles. The average molecular weight is 366 g/mol. The van der Waals surface area contributed by atoms with Crippen molar-refractivity contribution in [3.05, 3.63) is 17.7 Å². The summed E-state index contributed by atoms with van der Waals surface area (Å²) >= 11 is 0. The van der Waals surface area contributed by atoms with Crippen LogP contribution in [0, 0.1) is 11.7 Å². The Bertz CT molecular complexity index is 686. The maximum absolute atomic E-state index is 14.4. The molecule has 0 aromatic carbocycles. The van der Waals surface area contributed by atoms with E-state index in [9.17, 15) is 27.8 Å². The molecule has 1 aromatic heterocycles. The second-order valence-corrected chi connectivity index (χ2v) is 7.31. The largest absolute Gasteiger partial charge is 0.461 e. The fourth-order valence-corrected chi connectivity index (χ4v) is 3.50. The van der Waals surface area contributed by atoms with Gasteiger partial charge in [0.2, 0.25) is 10.0 Å². The molecule has 0 spiro atoms. The van der Waals surface area contributed by atoms with E-state index in [0.717, 1.165) is 10.8 Å². The highest BCUT2D eigenvalue weighted by Gasteiger charge is 2.33. The van der Waals surface area contributed by atoms with E-state index in [0.29, 0.717) is 0 Å². The smallest absolute Gasteiger partial charge is 0.358 e. The van der Waals surface area contributed by atoms with Gasteiger partial charge < -0.3 is 19.5 Å². The van der Waals surface area contributed by atoms with Crippen molar-refractivity contribution in [2.24, 2.45) is 13.0 Å². The lowest BCUT2D eigenvalue weighted by Crippen LogP contribution is -2.47. The number of hydrogen-bond donors (Lipinski definition) is 3. The number of aromatic nitrogens is 1. The Labute approximate surface area is 140 Å². The third-order valence-corrected chi connectivity index (χ3v) is 4.92. The third-order valence-electron chi connectivity index (χ3n) is 3.44. The van der Waals surface area contributed by atoms with Gasteiger partial charge in [0, 0.05) is 13.2 Å². The number of aliphatic hydroxyl groups excluding tert-OH is 2. The Morgan fingerprint density at radius 3 is 2.50 bits per heavy atom. The molecule has 1 rings (SSSR count). The molecule has 1 heterocycles. The molecule has 138 valence electrons. The number of esters is 1. The van der Waals surface area contributed by atoms with E-state index >= 15 is 0 Å². The molecular formula is C14H23FN2O6S. The Morgan fingerprint density at radius 1 is 1.46 bits per heavy atom. The van der Waals surface area contributed by atoms with Gasteiger partial charge in [0.05, 0.1) is 25.4 Å². The van der Waals surface area contributed by atoms with Crippen molar-refractivity contribution in [3.63, 3.8) is 0 Å². The first-order valence-electron chi connectivity index (χ1n) is 7.40. The molecule has 2 unspecified atom stereocenters. The predicted octanol–water partition coefficient (Wildman–Crippen LogP) is -0.00300. The zero-order chi connectivity index (χ0) is 18.7. The summed E-state index contributed by atoms with van der Waals surface area (Å²) in [5.74, 6) is -2.57. The molecule has 1 aromatic rings. The minimum Gasteiger partial charge on any atom is -0.461 e. The summed E-state index contributed by atoms with van der Waals surface area (Å²) in [5.41, 5.74) is -0.526. The number of nitrogens with one attached hydrogen (secondary N) is 1. The zero-order valence-electron chi connectivity index (χ0n) is 14.0. The van der Waals surface area contributed by atoms with Crippen LogP contribution in [0.1, 0.15) is 31.3 Å². The summed E-state index contributed by atoms with van der Waals surface area (Å²) in [6.07, 6.45) is -0.235. The van der Waals surface area contributed by atoms with E-state index in [1.54, 1.807) is 13.8 Å². The molecule has 2 atom stereocenters. The molecular weight excluding hydrogens is 343 g/mol. The van der Waals surface area contributed by atoms with Crippen molar-refractivity contribution < 1.29 is 32.6 Å². The fourth-order valence-electron chi connectivity index (χ4n) is 2.13. The van der Waals surface area contributed by atoms with Crippen LogP contribution in [0.5, 0.6) is 0 Å². The molecule has 0 radical (unpaired) electrons. The Kier molecular flexibility index (Phi) is 6.90. The van der Waals surface area contributed by atoms with Crippen LogP contribution in [0.25, 0.3) is 0 Å². The first kappa shape index (κ1) is 20.6. The van der Waals surface area contributed by atoms with Gasteiger partial charge in [-0.05, 0) is 12.8 Å². The van der Waals surface area contributed by atoms with Crippen molar-refractivity contribution in [1.29, 1.82) is 0 Å². The monoisotopic (exact) mass is 366 g/mol. The van der Waals surface area contributed by atoms with Gasteiger partial charge in [0.1, 0.15) is 4.90 Å². The molecule has 0 amide bonds. The van der Waals surface area contributed by atoms with E-state index in [2.05, 4.69) is 4.72 Å². The molecule has 0 saturated heterocycles. The summed E-state index contributed by atoms with van der Waals surface area (Å²) in [7, 11) is -3.10. The quantitative estimate of drug-likeness (QED) is 0.557. The Balaban J connectivity index is 3.20. The van der Waals surface area contributed by atoms with Crippen molar-refractivity contribution in [3.8, 4) is 0 Å². The molecule has 10 heteroatoms. The number of nitrogens with zero attached hydrogens (tertiary/aromatic N) is 1. The highest BCUT2D eigenvalue weighted by Crippen LogP contribution is 2.21. The number of sulfonamides is 1. The van der Waals surface area contributed by atoms with E-state index in [-0.39, 0.29) is 12.5 Å². The van der Waals surface area contributed by atoms with Crippen LogP contribution in [0.4, 0.5) is 4.39 Å². The number of aliphatic hydroxyl groups is 2. The minimum atomic E-state index is -4.40.